The molecular formula is C28H31FN3O10P. The zero-order valence-corrected chi connectivity index (χ0v) is 24.6. The summed E-state index contributed by atoms with van der Waals surface area (Å²) in [6, 6.07) is 11.8. The van der Waals surface area contributed by atoms with Gasteiger partial charge in [0.2, 0.25) is 0 Å². The number of carbonyl (C=O) groups excluding carboxylic acids is 1. The van der Waals surface area contributed by atoms with Crippen LogP contribution in [0.15, 0.2) is 68.7 Å². The number of hydrogen-bond acceptors (Lipinski definition) is 10. The van der Waals surface area contributed by atoms with E-state index in [2.05, 4.69) is 5.09 Å². The van der Waals surface area contributed by atoms with Crippen LogP contribution in [0.5, 0.6) is 5.75 Å². The van der Waals surface area contributed by atoms with Crippen LogP contribution in [-0.4, -0.2) is 57.3 Å². The maximum atomic E-state index is 15.7. The number of halogens is 1. The number of fused-ring (bicyclic) bond motifs is 3. The Labute approximate surface area is 244 Å². The Morgan fingerprint density at radius 3 is 2.60 bits per heavy atom. The number of aromatic nitrogens is 2. The van der Waals surface area contributed by atoms with Gasteiger partial charge < -0.3 is 23.5 Å². The molecule has 43 heavy (non-hydrogen) atoms. The minimum atomic E-state index is -4.50. The highest BCUT2D eigenvalue weighted by molar-refractivity contribution is 7.52. The Morgan fingerprint density at radius 2 is 1.88 bits per heavy atom. The first-order chi connectivity index (χ1) is 20.3. The van der Waals surface area contributed by atoms with Crippen molar-refractivity contribution in [3.63, 3.8) is 0 Å². The van der Waals surface area contributed by atoms with E-state index in [1.165, 1.54) is 13.0 Å². The van der Waals surface area contributed by atoms with E-state index in [0.717, 1.165) is 23.8 Å². The van der Waals surface area contributed by atoms with Gasteiger partial charge in [0, 0.05) is 17.6 Å². The fourth-order valence-corrected chi connectivity index (χ4v) is 6.31. The molecule has 13 nitrogen and oxygen atoms in total. The average Bonchev–Trinajstić information content (AvgIpc) is 3.42. The second kappa shape index (κ2) is 11.7. The second-order valence-electron chi connectivity index (χ2n) is 10.6. The molecule has 1 aliphatic heterocycles. The smallest absolute Gasteiger partial charge is 0.459 e. The number of carbonyl (C=O) groups is 1. The summed E-state index contributed by atoms with van der Waals surface area (Å²) in [5.74, 6) is -0.635. The van der Waals surface area contributed by atoms with Crippen LogP contribution >= 0.6 is 7.75 Å². The molecule has 0 saturated carbocycles. The molecule has 4 aromatic rings. The topological polar surface area (TPSA) is 171 Å². The summed E-state index contributed by atoms with van der Waals surface area (Å²) in [6.45, 7) is 5.03. The van der Waals surface area contributed by atoms with Crippen molar-refractivity contribution in [3.8, 4) is 5.75 Å². The Bertz CT molecular complexity index is 1820. The molecular weight excluding hydrogens is 588 g/mol. The number of aromatic amines is 1. The van der Waals surface area contributed by atoms with Crippen molar-refractivity contribution in [2.45, 2.75) is 63.9 Å². The molecule has 230 valence electrons. The lowest BCUT2D eigenvalue weighted by Gasteiger charge is -2.25. The summed E-state index contributed by atoms with van der Waals surface area (Å²) in [6.07, 6.45) is -4.37. The lowest BCUT2D eigenvalue weighted by atomic mass is 9.98. The molecule has 0 aliphatic carbocycles. The predicted molar refractivity (Wildman–Crippen MR) is 152 cm³/mol. The van der Waals surface area contributed by atoms with E-state index in [1.807, 2.05) is 4.98 Å². The maximum absolute atomic E-state index is 15.7. The first-order valence-corrected chi connectivity index (χ1v) is 15.0. The van der Waals surface area contributed by atoms with Gasteiger partial charge >= 0.3 is 19.4 Å². The summed E-state index contributed by atoms with van der Waals surface area (Å²) < 4.78 is 59.0. The normalized spacial score (nSPS) is 24.3. The largest absolute Gasteiger partial charge is 0.462 e. The molecule has 0 radical (unpaired) electrons. The van der Waals surface area contributed by atoms with Crippen molar-refractivity contribution in [1.29, 1.82) is 0 Å². The third kappa shape index (κ3) is 6.15. The molecule has 0 spiro atoms. The van der Waals surface area contributed by atoms with Crippen LogP contribution in [0.2, 0.25) is 0 Å². The van der Waals surface area contributed by atoms with Gasteiger partial charge in [-0.05, 0) is 45.9 Å². The highest BCUT2D eigenvalue weighted by atomic mass is 31.2. The molecule has 1 saturated heterocycles. The minimum Gasteiger partial charge on any atom is -0.462 e. The van der Waals surface area contributed by atoms with E-state index >= 15 is 4.39 Å². The Hall–Kier alpha value is -3.81. The van der Waals surface area contributed by atoms with Crippen molar-refractivity contribution >= 4 is 35.7 Å². The fourth-order valence-electron chi connectivity index (χ4n) is 4.80. The van der Waals surface area contributed by atoms with Crippen LogP contribution in [0.4, 0.5) is 4.39 Å². The maximum Gasteiger partial charge on any atom is 0.459 e. The third-order valence-electron chi connectivity index (χ3n) is 6.87. The molecule has 2 aromatic heterocycles. The average molecular weight is 620 g/mol. The SMILES string of the molecule is CC(C)OC(=O)[C@H](C)NP(=O)(OC[C@H]1O[C@@H](n2ccc(=O)[nH]c2=O)[C@](C)(F)[C@@H]1O)Oc1cccc2oc3ccccc3c12. The number of esters is 1. The molecule has 0 bridgehead atoms. The highest BCUT2D eigenvalue weighted by Crippen LogP contribution is 2.50. The lowest BCUT2D eigenvalue weighted by Crippen LogP contribution is -2.43. The number of hydrogen-bond donors (Lipinski definition) is 3. The Kier molecular flexibility index (Phi) is 8.34. The van der Waals surface area contributed by atoms with Gasteiger partial charge in [0.05, 0.1) is 18.1 Å². The molecule has 1 fully saturated rings. The number of rotatable bonds is 10. The van der Waals surface area contributed by atoms with Crippen molar-refractivity contribution in [3.05, 3.63) is 75.6 Å². The van der Waals surface area contributed by atoms with Crippen LogP contribution in [0.25, 0.3) is 21.9 Å². The molecule has 2 aromatic carbocycles. The molecule has 3 heterocycles. The standard InChI is InChI=1S/C28H31FN3O10P/c1-15(2)39-25(35)16(3)31-43(37,42-20-11-7-10-19-23(20)17-8-5-6-9-18(17)40-19)38-14-21-24(34)28(4,29)26(41-21)32-13-12-22(33)30-27(32)36/h5-13,15-16,21,24,26,34H,14H2,1-4H3,(H,31,37)(H,30,33,36)/t16-,21+,24+,26+,28+,43?/m0/s1. The van der Waals surface area contributed by atoms with E-state index in [4.69, 9.17) is 22.9 Å². The Morgan fingerprint density at radius 1 is 1.16 bits per heavy atom. The molecule has 15 heteroatoms. The van der Waals surface area contributed by atoms with Crippen LogP contribution < -0.4 is 20.9 Å². The number of aliphatic hydroxyl groups excluding tert-OH is 1. The van der Waals surface area contributed by atoms with E-state index in [-0.39, 0.29) is 5.75 Å². The summed E-state index contributed by atoms with van der Waals surface area (Å²) in [7, 11) is -4.50. The molecule has 0 amide bonds. The number of benzene rings is 2. The van der Waals surface area contributed by atoms with Crippen LogP contribution in [0.3, 0.4) is 0 Å². The van der Waals surface area contributed by atoms with Gasteiger partial charge in [-0.25, -0.2) is 13.8 Å². The van der Waals surface area contributed by atoms with Crippen molar-refractivity contribution in [1.82, 2.24) is 14.6 Å². The first-order valence-electron chi connectivity index (χ1n) is 13.5. The monoisotopic (exact) mass is 619 g/mol. The summed E-state index contributed by atoms with van der Waals surface area (Å²) in [5, 5.41) is 14.5. The van der Waals surface area contributed by atoms with Crippen molar-refractivity contribution in [2.75, 3.05) is 6.61 Å². The summed E-state index contributed by atoms with van der Waals surface area (Å²) in [5.41, 5.74) is -3.18. The van der Waals surface area contributed by atoms with Gasteiger partial charge in [0.1, 0.15) is 35.2 Å². The van der Waals surface area contributed by atoms with E-state index in [0.29, 0.717) is 21.9 Å². The number of furan rings is 1. The van der Waals surface area contributed by atoms with E-state index in [1.54, 1.807) is 50.2 Å². The van der Waals surface area contributed by atoms with Gasteiger partial charge in [0.15, 0.2) is 11.9 Å². The summed E-state index contributed by atoms with van der Waals surface area (Å²) in [4.78, 5) is 38.4. The zero-order valence-electron chi connectivity index (χ0n) is 23.7. The van der Waals surface area contributed by atoms with Crippen LogP contribution in [0.1, 0.15) is 33.9 Å². The van der Waals surface area contributed by atoms with Gasteiger partial charge in [-0.3, -0.25) is 23.7 Å². The van der Waals surface area contributed by atoms with E-state index < -0.39 is 67.8 Å². The van der Waals surface area contributed by atoms with Crippen LogP contribution in [0, 0.1) is 0 Å². The molecule has 6 atom stereocenters. The molecule has 1 unspecified atom stereocenters. The van der Waals surface area contributed by atoms with Gasteiger partial charge in [-0.1, -0.05) is 24.3 Å². The van der Waals surface area contributed by atoms with Gasteiger partial charge in [-0.15, -0.1) is 0 Å². The number of para-hydroxylation sites is 1. The van der Waals surface area contributed by atoms with Crippen LogP contribution in [-0.2, 0) is 23.4 Å². The highest BCUT2D eigenvalue weighted by Gasteiger charge is 2.56. The summed E-state index contributed by atoms with van der Waals surface area (Å²) >= 11 is 0. The van der Waals surface area contributed by atoms with Gasteiger partial charge in [0.25, 0.3) is 5.56 Å². The number of ether oxygens (including phenoxy) is 2. The number of alkyl halides is 1. The Balaban J connectivity index is 1.45. The first kappa shape index (κ1) is 30.6. The minimum absolute atomic E-state index is 0.101. The molecule has 5 rings (SSSR count). The molecule has 3 N–H and O–H groups in total. The third-order valence-corrected chi connectivity index (χ3v) is 8.50. The number of nitrogens with one attached hydrogen (secondary N) is 2. The lowest BCUT2D eigenvalue weighted by molar-refractivity contribution is -0.149. The zero-order chi connectivity index (χ0) is 31.1. The van der Waals surface area contributed by atoms with Crippen molar-refractivity contribution in [2.24, 2.45) is 0 Å². The second-order valence-corrected chi connectivity index (χ2v) is 12.3. The van der Waals surface area contributed by atoms with Gasteiger partial charge in [-0.2, -0.15) is 5.09 Å². The van der Waals surface area contributed by atoms with E-state index in [9.17, 15) is 24.1 Å². The number of aliphatic hydroxyl groups is 1. The number of H-pyrrole nitrogens is 1. The fraction of sp³-hybridized carbons (Fsp3) is 0.393. The number of nitrogens with zero attached hydrogens (tertiary/aromatic N) is 1. The van der Waals surface area contributed by atoms with Crippen molar-refractivity contribution < 1.29 is 41.8 Å². The molecule has 1 aliphatic rings. The predicted octanol–water partition coefficient (Wildman–Crippen LogP) is 3.56. The quantitative estimate of drug-likeness (QED) is 0.175.